The lowest BCUT2D eigenvalue weighted by Gasteiger charge is -2.12. The van der Waals surface area contributed by atoms with Crippen molar-refractivity contribution >= 4 is 5.97 Å². The fourth-order valence-electron chi connectivity index (χ4n) is 1.10. The van der Waals surface area contributed by atoms with E-state index in [0.717, 1.165) is 0 Å². The van der Waals surface area contributed by atoms with Crippen LogP contribution < -0.4 is 0 Å². The minimum absolute atomic E-state index is 0.272. The molecule has 0 saturated heterocycles. The Labute approximate surface area is 91.1 Å². The molecule has 0 aromatic rings. The van der Waals surface area contributed by atoms with Crippen molar-refractivity contribution in [1.29, 1.82) is 5.26 Å². The second-order valence-corrected chi connectivity index (χ2v) is 3.24. The lowest BCUT2D eigenvalue weighted by molar-refractivity contribution is -0.136. The van der Waals surface area contributed by atoms with Gasteiger partial charge in [-0.05, 0) is 13.5 Å². The molecule has 0 heterocycles. The zero-order valence-corrected chi connectivity index (χ0v) is 9.62. The number of hydrogen-bond acceptors (Lipinski definition) is 4. The molecular formula is C11H18N2O2. The van der Waals surface area contributed by atoms with Crippen molar-refractivity contribution in [2.45, 2.75) is 19.8 Å². The molecule has 0 saturated carbocycles. The van der Waals surface area contributed by atoms with E-state index in [1.807, 2.05) is 24.9 Å². The second kappa shape index (κ2) is 8.01. The first-order valence-electron chi connectivity index (χ1n) is 4.98. The number of carbonyl (C=O) groups excluding carboxylic acids is 1. The summed E-state index contributed by atoms with van der Waals surface area (Å²) in [6.45, 7) is 3.29. The summed E-state index contributed by atoms with van der Waals surface area (Å²) in [5.41, 5.74) is 0.682. The number of nitriles is 1. The molecule has 0 aliphatic rings. The highest BCUT2D eigenvalue weighted by molar-refractivity contribution is 5.88. The molecule has 0 atom stereocenters. The van der Waals surface area contributed by atoms with Gasteiger partial charge in [0.05, 0.1) is 13.2 Å². The van der Waals surface area contributed by atoms with Gasteiger partial charge in [0.2, 0.25) is 0 Å². The lowest BCUT2D eigenvalue weighted by atomic mass is 10.2. The molecule has 4 nitrogen and oxygen atoms in total. The van der Waals surface area contributed by atoms with Crippen molar-refractivity contribution in [2.75, 3.05) is 27.2 Å². The van der Waals surface area contributed by atoms with Gasteiger partial charge in [-0.1, -0.05) is 13.0 Å². The highest BCUT2D eigenvalue weighted by Crippen LogP contribution is 2.03. The second-order valence-electron chi connectivity index (χ2n) is 3.24. The first kappa shape index (κ1) is 13.7. The molecule has 0 rings (SSSR count). The fraction of sp³-hybridized carbons (Fsp3) is 0.636. The van der Waals surface area contributed by atoms with Gasteiger partial charge in [0.1, 0.15) is 0 Å². The Balaban J connectivity index is 4.11. The molecule has 0 bridgehead atoms. The van der Waals surface area contributed by atoms with E-state index < -0.39 is 0 Å². The average molecular weight is 210 g/mol. The number of ether oxygens (including phenoxy) is 1. The van der Waals surface area contributed by atoms with Crippen molar-refractivity contribution in [3.8, 4) is 6.07 Å². The van der Waals surface area contributed by atoms with E-state index >= 15 is 0 Å². The van der Waals surface area contributed by atoms with Crippen LogP contribution in [0.5, 0.6) is 0 Å². The molecular weight excluding hydrogens is 192 g/mol. The van der Waals surface area contributed by atoms with Gasteiger partial charge in [0.25, 0.3) is 0 Å². The molecule has 0 amide bonds. The molecule has 0 N–H and O–H groups in total. The monoisotopic (exact) mass is 210 g/mol. The Bertz CT molecular complexity index is 266. The van der Waals surface area contributed by atoms with E-state index in [-0.39, 0.29) is 5.97 Å². The van der Waals surface area contributed by atoms with E-state index in [1.165, 1.54) is 7.11 Å². The molecule has 0 fully saturated rings. The standard InChI is InChI=1S/C11H18N2O2/c1-4-10(11(14)15-3)6-9-13(2)8-5-7-12/h6H,4-5,8-9H2,1-3H3. The van der Waals surface area contributed by atoms with Gasteiger partial charge in [-0.15, -0.1) is 0 Å². The quantitative estimate of drug-likeness (QED) is 0.490. The number of carbonyl (C=O) groups is 1. The van der Waals surface area contributed by atoms with Crippen LogP contribution in [0, 0.1) is 11.3 Å². The average Bonchev–Trinajstić information content (AvgIpc) is 2.26. The van der Waals surface area contributed by atoms with Crippen LogP contribution in [0.4, 0.5) is 0 Å². The summed E-state index contributed by atoms with van der Waals surface area (Å²) in [6.07, 6.45) is 3.02. The molecule has 15 heavy (non-hydrogen) atoms. The summed E-state index contributed by atoms with van der Waals surface area (Å²) < 4.78 is 4.64. The molecule has 0 radical (unpaired) electrons. The number of likely N-dealkylation sites (N-methyl/N-ethyl adjacent to an activating group) is 1. The van der Waals surface area contributed by atoms with Gasteiger partial charge < -0.3 is 9.64 Å². The molecule has 84 valence electrons. The predicted octanol–water partition coefficient (Wildman–Crippen LogP) is 1.34. The molecule has 0 unspecified atom stereocenters. The van der Waals surface area contributed by atoms with Gasteiger partial charge in [0, 0.05) is 25.1 Å². The highest BCUT2D eigenvalue weighted by Gasteiger charge is 2.06. The molecule has 0 aliphatic carbocycles. The summed E-state index contributed by atoms with van der Waals surface area (Å²) in [7, 11) is 3.30. The van der Waals surface area contributed by atoms with Crippen LogP contribution in [-0.2, 0) is 9.53 Å². The number of nitrogens with zero attached hydrogens (tertiary/aromatic N) is 2. The Hall–Kier alpha value is -1.34. The first-order valence-corrected chi connectivity index (χ1v) is 4.98. The molecule has 0 aromatic carbocycles. The van der Waals surface area contributed by atoms with Crippen LogP contribution in [0.2, 0.25) is 0 Å². The zero-order valence-electron chi connectivity index (χ0n) is 9.62. The minimum Gasteiger partial charge on any atom is -0.466 e. The van der Waals surface area contributed by atoms with E-state index in [2.05, 4.69) is 10.8 Å². The predicted molar refractivity (Wildman–Crippen MR) is 58.1 cm³/mol. The highest BCUT2D eigenvalue weighted by atomic mass is 16.5. The molecule has 0 aromatic heterocycles. The Morgan fingerprint density at radius 2 is 2.27 bits per heavy atom. The smallest absolute Gasteiger partial charge is 0.333 e. The summed E-state index contributed by atoms with van der Waals surface area (Å²) in [5, 5.41) is 8.40. The minimum atomic E-state index is -0.272. The summed E-state index contributed by atoms with van der Waals surface area (Å²) in [4.78, 5) is 13.2. The Kier molecular flexibility index (Phi) is 7.29. The van der Waals surface area contributed by atoms with Crippen molar-refractivity contribution in [3.63, 3.8) is 0 Å². The third-order valence-electron chi connectivity index (χ3n) is 2.08. The van der Waals surface area contributed by atoms with Crippen LogP contribution in [0.1, 0.15) is 19.8 Å². The number of methoxy groups -OCH3 is 1. The first-order chi connectivity index (χ1) is 7.15. The maximum Gasteiger partial charge on any atom is 0.333 e. The number of esters is 1. The summed E-state index contributed by atoms with van der Waals surface area (Å²) in [6, 6.07) is 2.08. The number of hydrogen-bond donors (Lipinski definition) is 0. The van der Waals surface area contributed by atoms with Crippen LogP contribution in [-0.4, -0.2) is 38.1 Å². The van der Waals surface area contributed by atoms with Crippen molar-refractivity contribution in [2.24, 2.45) is 0 Å². The molecule has 4 heteroatoms. The van der Waals surface area contributed by atoms with E-state index in [0.29, 0.717) is 31.5 Å². The van der Waals surface area contributed by atoms with Gasteiger partial charge in [-0.25, -0.2) is 4.79 Å². The zero-order chi connectivity index (χ0) is 11.7. The SMILES string of the molecule is CCC(=CCN(C)CCC#N)C(=O)OC. The number of rotatable bonds is 6. The van der Waals surface area contributed by atoms with Crippen molar-refractivity contribution in [3.05, 3.63) is 11.6 Å². The van der Waals surface area contributed by atoms with E-state index in [4.69, 9.17) is 5.26 Å². The lowest BCUT2D eigenvalue weighted by Crippen LogP contribution is -2.20. The van der Waals surface area contributed by atoms with Crippen molar-refractivity contribution in [1.82, 2.24) is 4.90 Å². The Morgan fingerprint density at radius 3 is 2.73 bits per heavy atom. The van der Waals surface area contributed by atoms with Crippen molar-refractivity contribution < 1.29 is 9.53 Å². The maximum atomic E-state index is 11.2. The van der Waals surface area contributed by atoms with E-state index in [9.17, 15) is 4.79 Å². The molecule has 0 spiro atoms. The van der Waals surface area contributed by atoms with E-state index in [1.54, 1.807) is 0 Å². The maximum absolute atomic E-state index is 11.2. The fourth-order valence-corrected chi connectivity index (χ4v) is 1.10. The van der Waals surface area contributed by atoms with Gasteiger partial charge in [-0.2, -0.15) is 5.26 Å². The topological polar surface area (TPSA) is 53.3 Å². The van der Waals surface area contributed by atoms with Gasteiger partial charge >= 0.3 is 5.97 Å². The van der Waals surface area contributed by atoms with Gasteiger partial charge in [-0.3, -0.25) is 0 Å². The van der Waals surface area contributed by atoms with Crippen LogP contribution in [0.15, 0.2) is 11.6 Å². The van der Waals surface area contributed by atoms with Crippen LogP contribution in [0.25, 0.3) is 0 Å². The normalized spacial score (nSPS) is 11.3. The van der Waals surface area contributed by atoms with Crippen LogP contribution in [0.3, 0.4) is 0 Å². The molecule has 0 aliphatic heterocycles. The Morgan fingerprint density at radius 1 is 1.60 bits per heavy atom. The summed E-state index contributed by atoms with van der Waals surface area (Å²) in [5.74, 6) is -0.272. The third-order valence-corrected chi connectivity index (χ3v) is 2.08. The summed E-state index contributed by atoms with van der Waals surface area (Å²) >= 11 is 0. The third kappa shape index (κ3) is 5.87. The van der Waals surface area contributed by atoms with Crippen LogP contribution >= 0.6 is 0 Å². The van der Waals surface area contributed by atoms with Gasteiger partial charge in [0.15, 0.2) is 0 Å². The largest absolute Gasteiger partial charge is 0.466 e.